The molecular formula is C53H61N5O14. The van der Waals surface area contributed by atoms with Gasteiger partial charge < -0.3 is 49.1 Å². The van der Waals surface area contributed by atoms with Gasteiger partial charge in [-0.3, -0.25) is 39.0 Å². The van der Waals surface area contributed by atoms with Gasteiger partial charge in [-0.15, -0.1) is 0 Å². The van der Waals surface area contributed by atoms with Gasteiger partial charge >= 0.3 is 5.97 Å². The lowest BCUT2D eigenvalue weighted by Gasteiger charge is -2.42. The topological polar surface area (TPSA) is 238 Å². The number of carboxylic acids is 1. The number of amides is 6. The first-order valence-corrected chi connectivity index (χ1v) is 23.9. The first-order chi connectivity index (χ1) is 34.8. The number of fused-ring (bicyclic) bond motifs is 1. The molecule has 0 radical (unpaired) electrons. The first-order valence-electron chi connectivity index (χ1n) is 23.9. The molecule has 0 spiro atoms. The second kappa shape index (κ2) is 23.9. The number of methoxy groups -OCH3 is 5. The Kier molecular flexibility index (Phi) is 17.2. The lowest BCUT2D eigenvalue weighted by atomic mass is 9.73. The van der Waals surface area contributed by atoms with Crippen LogP contribution in [-0.4, -0.2) is 130 Å². The predicted octanol–water partition coefficient (Wildman–Crippen LogP) is 4.85. The number of benzene rings is 4. The highest BCUT2D eigenvalue weighted by Crippen LogP contribution is 2.40. The molecule has 4 aromatic rings. The van der Waals surface area contributed by atoms with E-state index in [1.807, 2.05) is 36.4 Å². The van der Waals surface area contributed by atoms with Gasteiger partial charge in [-0.2, -0.15) is 0 Å². The monoisotopic (exact) mass is 991 g/mol. The molecule has 4 aromatic carbocycles. The number of anilines is 1. The van der Waals surface area contributed by atoms with Crippen LogP contribution >= 0.6 is 0 Å². The Bertz CT molecular complexity index is 2670. The molecule has 382 valence electrons. The summed E-state index contributed by atoms with van der Waals surface area (Å²) < 4.78 is 33.5. The van der Waals surface area contributed by atoms with Crippen molar-refractivity contribution in [2.45, 2.75) is 69.9 Å². The summed E-state index contributed by atoms with van der Waals surface area (Å²) in [6, 6.07) is 19.0. The third kappa shape index (κ3) is 11.8. The van der Waals surface area contributed by atoms with Gasteiger partial charge in [0, 0.05) is 31.7 Å². The highest BCUT2D eigenvalue weighted by molar-refractivity contribution is 6.25. The molecule has 72 heavy (non-hydrogen) atoms. The number of ether oxygens (including phenoxy) is 6. The number of rotatable bonds is 23. The maximum Gasteiger partial charge on any atom is 0.326 e. The van der Waals surface area contributed by atoms with Crippen LogP contribution in [0, 0.1) is 11.8 Å². The Morgan fingerprint density at radius 2 is 1.43 bits per heavy atom. The van der Waals surface area contributed by atoms with Crippen molar-refractivity contribution in [2.75, 3.05) is 67.1 Å². The van der Waals surface area contributed by atoms with Crippen LogP contribution in [-0.2, 0) is 43.2 Å². The van der Waals surface area contributed by atoms with Crippen molar-refractivity contribution in [2.24, 2.45) is 11.8 Å². The number of hydrogen-bond donors (Lipinski definition) is 4. The molecule has 7 rings (SSSR count). The molecule has 3 heterocycles. The minimum Gasteiger partial charge on any atom is -0.493 e. The summed E-state index contributed by atoms with van der Waals surface area (Å²) in [6.07, 6.45) is 3.26. The minimum atomic E-state index is -1.12. The zero-order valence-corrected chi connectivity index (χ0v) is 41.1. The number of aliphatic carboxylic acids is 1. The number of hydrogen-bond acceptors (Lipinski definition) is 14. The number of unbranched alkanes of at least 4 members (excludes halogenated alkanes) is 1. The quantitative estimate of drug-likeness (QED) is 0.0574. The summed E-state index contributed by atoms with van der Waals surface area (Å²) in [4.78, 5) is 93.6. The normalized spacial score (nSPS) is 17.9. The fourth-order valence-corrected chi connectivity index (χ4v) is 9.94. The average molecular weight is 992 g/mol. The van der Waals surface area contributed by atoms with Gasteiger partial charge in [0.05, 0.1) is 53.1 Å². The van der Waals surface area contributed by atoms with Crippen molar-refractivity contribution in [3.63, 3.8) is 0 Å². The highest BCUT2D eigenvalue weighted by Gasteiger charge is 2.46. The number of imide groups is 2. The predicted molar refractivity (Wildman–Crippen MR) is 262 cm³/mol. The van der Waals surface area contributed by atoms with Crippen LogP contribution in [0.3, 0.4) is 0 Å². The van der Waals surface area contributed by atoms with E-state index in [0.29, 0.717) is 97.4 Å². The largest absolute Gasteiger partial charge is 0.493 e. The number of carboxylic acid groups (broad SMARTS) is 1. The summed E-state index contributed by atoms with van der Waals surface area (Å²) in [5.74, 6) is -2.10. The zero-order chi connectivity index (χ0) is 51.5. The third-order valence-electron chi connectivity index (χ3n) is 13.4. The van der Waals surface area contributed by atoms with Gasteiger partial charge in [-0.25, -0.2) is 4.79 Å². The maximum absolute atomic E-state index is 14.2. The number of carbonyl (C=O) groups excluding carboxylic acids is 6. The number of carbonyl (C=O) groups is 7. The van der Waals surface area contributed by atoms with E-state index in [4.69, 9.17) is 28.4 Å². The Hall–Kier alpha value is -7.83. The number of nitrogens with zero attached hydrogens (tertiary/aromatic N) is 2. The molecule has 0 aromatic heterocycles. The van der Waals surface area contributed by atoms with Crippen LogP contribution in [0.4, 0.5) is 5.69 Å². The molecule has 4 N–H and O–H groups in total. The molecule has 4 atom stereocenters. The van der Waals surface area contributed by atoms with Crippen LogP contribution in [0.2, 0.25) is 0 Å². The molecule has 0 saturated carbocycles. The smallest absolute Gasteiger partial charge is 0.326 e. The maximum atomic E-state index is 14.2. The number of likely N-dealkylation sites (tertiary alicyclic amines) is 1. The van der Waals surface area contributed by atoms with Gasteiger partial charge in [0.2, 0.25) is 23.5 Å². The van der Waals surface area contributed by atoms with Gasteiger partial charge in [-0.05, 0) is 122 Å². The fourth-order valence-electron chi connectivity index (χ4n) is 9.94. The van der Waals surface area contributed by atoms with E-state index < -0.39 is 47.6 Å². The molecular weight excluding hydrogens is 931 g/mol. The van der Waals surface area contributed by atoms with E-state index in [2.05, 4.69) is 16.0 Å². The van der Waals surface area contributed by atoms with Gasteiger partial charge in [-0.1, -0.05) is 24.3 Å². The van der Waals surface area contributed by atoms with E-state index in [9.17, 15) is 38.7 Å². The Labute approximate surface area is 417 Å². The van der Waals surface area contributed by atoms with Crippen molar-refractivity contribution in [3.05, 3.63) is 101 Å². The van der Waals surface area contributed by atoms with Gasteiger partial charge in [0.15, 0.2) is 29.6 Å². The molecule has 3 aliphatic rings. The molecule has 6 amide bonds. The number of nitrogens with one attached hydrogen (secondary N) is 3. The second-order valence-electron chi connectivity index (χ2n) is 17.8. The van der Waals surface area contributed by atoms with Gasteiger partial charge in [0.25, 0.3) is 17.7 Å². The van der Waals surface area contributed by atoms with E-state index in [-0.39, 0.29) is 61.3 Å². The molecule has 2 fully saturated rings. The summed E-state index contributed by atoms with van der Waals surface area (Å²) in [7, 11) is 7.57. The SMILES string of the molecule is COc1ccc(CC(Cc2cccc(OCC(=O)NCCCCNc3cccc4c3C(=O)N(C3CCC(=O)NC3=O)C4=O)c2)C2CCCN(C(=O)Cc3cc(OC)c(OC)c(OC)c3)[C@@H]2C(=O)O)cc1OC. The molecule has 2 saturated heterocycles. The Morgan fingerprint density at radius 1 is 0.750 bits per heavy atom. The number of piperidine rings is 2. The zero-order valence-electron chi connectivity index (χ0n) is 41.1. The Morgan fingerprint density at radius 3 is 2.11 bits per heavy atom. The molecule has 0 aliphatic carbocycles. The lowest BCUT2D eigenvalue weighted by molar-refractivity contribution is -0.156. The molecule has 3 unspecified atom stereocenters. The minimum absolute atomic E-state index is 0.0291. The van der Waals surface area contributed by atoms with Crippen LogP contribution in [0.25, 0.3) is 0 Å². The van der Waals surface area contributed by atoms with Crippen LogP contribution < -0.4 is 44.4 Å². The van der Waals surface area contributed by atoms with Crippen LogP contribution in [0.5, 0.6) is 34.5 Å². The van der Waals surface area contributed by atoms with Crippen molar-refractivity contribution in [3.8, 4) is 34.5 Å². The van der Waals surface area contributed by atoms with E-state index in [1.54, 1.807) is 44.6 Å². The van der Waals surface area contributed by atoms with Crippen LogP contribution in [0.1, 0.15) is 75.9 Å². The van der Waals surface area contributed by atoms with Crippen molar-refractivity contribution < 1.29 is 67.1 Å². The summed E-state index contributed by atoms with van der Waals surface area (Å²) >= 11 is 0. The van der Waals surface area contributed by atoms with E-state index >= 15 is 0 Å². The molecule has 19 nitrogen and oxygen atoms in total. The second-order valence-corrected chi connectivity index (χ2v) is 17.8. The standard InChI is InChI=1S/C53H61N5O14/c1-67-40-18-16-32(26-41(40)68-2)24-34(36-14-10-22-57(48(36)53(65)66)46(61)29-33-27-42(69-3)49(71-5)43(28-33)70-4)23-31-11-8-12-35(25-31)72-30-45(60)55-21-7-6-20-54-38-15-9-13-37-47(38)52(64)58(51(37)63)39-17-19-44(59)56-50(39)62/h8-9,11-13,15-16,18,25-28,34,36,39,48,54H,6-7,10,14,17,19-24,29-30H2,1-5H3,(H,55,60)(H,65,66)(H,56,59,62)/t34?,36?,39?,48-/m0/s1. The summed E-state index contributed by atoms with van der Waals surface area (Å²) in [5, 5.41) is 19.2. The summed E-state index contributed by atoms with van der Waals surface area (Å²) in [6.45, 7) is 0.806. The highest BCUT2D eigenvalue weighted by atomic mass is 16.5. The van der Waals surface area contributed by atoms with E-state index in [0.717, 1.165) is 16.0 Å². The lowest BCUT2D eigenvalue weighted by Crippen LogP contribution is -2.55. The van der Waals surface area contributed by atoms with E-state index in [1.165, 1.54) is 32.3 Å². The third-order valence-corrected chi connectivity index (χ3v) is 13.4. The molecule has 3 aliphatic heterocycles. The van der Waals surface area contributed by atoms with Crippen molar-refractivity contribution in [1.82, 2.24) is 20.4 Å². The molecule has 0 bridgehead atoms. The van der Waals surface area contributed by atoms with Crippen LogP contribution in [0.15, 0.2) is 72.8 Å². The van der Waals surface area contributed by atoms with Gasteiger partial charge in [0.1, 0.15) is 17.8 Å². The van der Waals surface area contributed by atoms with Crippen molar-refractivity contribution in [1.29, 1.82) is 0 Å². The Balaban J connectivity index is 0.965. The fraction of sp³-hybridized carbons (Fsp3) is 0.415. The van der Waals surface area contributed by atoms with Crippen molar-refractivity contribution >= 4 is 47.1 Å². The first kappa shape index (κ1) is 52.0. The average Bonchev–Trinajstić information content (AvgIpc) is 3.64. The molecule has 19 heteroatoms. The summed E-state index contributed by atoms with van der Waals surface area (Å²) in [5.41, 5.74) is 3.15.